The molecule has 2 rings (SSSR count). The molecule has 1 aromatic rings. The van der Waals surface area contributed by atoms with Gasteiger partial charge in [0.05, 0.1) is 12.2 Å². The third kappa shape index (κ3) is 4.85. The second-order valence-corrected chi connectivity index (χ2v) is 6.72. The third-order valence-corrected chi connectivity index (χ3v) is 4.96. The fourth-order valence-electron chi connectivity index (χ4n) is 3.26. The topological polar surface area (TPSA) is 52.6 Å². The highest BCUT2D eigenvalue weighted by Gasteiger charge is 2.31. The van der Waals surface area contributed by atoms with E-state index in [0.29, 0.717) is 12.0 Å². The van der Waals surface area contributed by atoms with E-state index in [1.807, 2.05) is 44.2 Å². The van der Waals surface area contributed by atoms with Crippen LogP contribution in [-0.2, 0) is 6.54 Å². The molecule has 0 spiro atoms. The minimum atomic E-state index is 0.459. The monoisotopic (exact) mass is 317 g/mol. The first kappa shape index (κ1) is 17.6. The molecule has 0 radical (unpaired) electrons. The average Bonchev–Trinajstić information content (AvgIpc) is 3.05. The maximum absolute atomic E-state index is 4.63. The van der Waals surface area contributed by atoms with E-state index in [2.05, 4.69) is 27.5 Å². The Hall–Kier alpha value is -1.78. The van der Waals surface area contributed by atoms with Gasteiger partial charge < -0.3 is 15.5 Å². The van der Waals surface area contributed by atoms with Crippen molar-refractivity contribution in [3.05, 3.63) is 23.9 Å². The summed E-state index contributed by atoms with van der Waals surface area (Å²) in [5.41, 5.74) is 1.48. The first-order valence-corrected chi connectivity index (χ1v) is 8.66. The molecule has 2 N–H and O–H groups in total. The standard InChI is InChI=1S/C18H31N5/c1-5-18(11-6-7-12-18)14-21-17(19-2)20-13-15-9-8-10-16(22-15)23(3)4/h8-10H,5-7,11-14H2,1-4H3,(H2,19,20,21). The Morgan fingerprint density at radius 1 is 1.26 bits per heavy atom. The maximum atomic E-state index is 4.63. The van der Waals surface area contributed by atoms with Crippen molar-refractivity contribution in [3.63, 3.8) is 0 Å². The Morgan fingerprint density at radius 2 is 2.00 bits per heavy atom. The Kier molecular flexibility index (Phi) is 6.25. The molecule has 1 heterocycles. The summed E-state index contributed by atoms with van der Waals surface area (Å²) in [6.45, 7) is 3.99. The third-order valence-electron chi connectivity index (χ3n) is 4.96. The van der Waals surface area contributed by atoms with Gasteiger partial charge in [-0.1, -0.05) is 25.8 Å². The lowest BCUT2D eigenvalue weighted by molar-refractivity contribution is 0.283. The predicted octanol–water partition coefficient (Wildman–Crippen LogP) is 2.78. The Bertz CT molecular complexity index is 518. The van der Waals surface area contributed by atoms with E-state index in [4.69, 9.17) is 0 Å². The number of pyridine rings is 1. The van der Waals surface area contributed by atoms with Gasteiger partial charge in [-0.3, -0.25) is 4.99 Å². The largest absolute Gasteiger partial charge is 0.363 e. The molecule has 1 saturated carbocycles. The number of nitrogens with zero attached hydrogens (tertiary/aromatic N) is 3. The lowest BCUT2D eigenvalue weighted by Gasteiger charge is -2.28. The first-order chi connectivity index (χ1) is 11.1. The second-order valence-electron chi connectivity index (χ2n) is 6.72. The summed E-state index contributed by atoms with van der Waals surface area (Å²) < 4.78 is 0. The van der Waals surface area contributed by atoms with Crippen LogP contribution >= 0.6 is 0 Å². The number of nitrogens with one attached hydrogen (secondary N) is 2. The molecule has 5 heteroatoms. The number of anilines is 1. The van der Waals surface area contributed by atoms with Gasteiger partial charge in [0.25, 0.3) is 0 Å². The van der Waals surface area contributed by atoms with Gasteiger partial charge in [0.2, 0.25) is 0 Å². The highest BCUT2D eigenvalue weighted by atomic mass is 15.2. The van der Waals surface area contributed by atoms with E-state index in [-0.39, 0.29) is 0 Å². The Morgan fingerprint density at radius 3 is 2.61 bits per heavy atom. The number of guanidine groups is 1. The van der Waals surface area contributed by atoms with Crippen molar-refractivity contribution in [1.82, 2.24) is 15.6 Å². The van der Waals surface area contributed by atoms with Crippen molar-refractivity contribution < 1.29 is 0 Å². The summed E-state index contributed by atoms with van der Waals surface area (Å²) in [5.74, 6) is 1.84. The highest BCUT2D eigenvalue weighted by molar-refractivity contribution is 5.79. The zero-order chi connectivity index (χ0) is 16.7. The average molecular weight is 317 g/mol. The van der Waals surface area contributed by atoms with Crippen LogP contribution in [0.25, 0.3) is 0 Å². The number of hydrogen-bond donors (Lipinski definition) is 2. The summed E-state index contributed by atoms with van der Waals surface area (Å²) in [5, 5.41) is 6.89. The summed E-state index contributed by atoms with van der Waals surface area (Å²) in [4.78, 5) is 11.0. The lowest BCUT2D eigenvalue weighted by atomic mass is 9.83. The van der Waals surface area contributed by atoms with Crippen molar-refractivity contribution in [2.24, 2.45) is 10.4 Å². The minimum Gasteiger partial charge on any atom is -0.363 e. The fourth-order valence-corrected chi connectivity index (χ4v) is 3.26. The normalized spacial score (nSPS) is 17.1. The molecule has 1 aliphatic rings. The van der Waals surface area contributed by atoms with Crippen LogP contribution in [-0.4, -0.2) is 38.6 Å². The molecule has 5 nitrogen and oxygen atoms in total. The summed E-state index contributed by atoms with van der Waals surface area (Å²) in [6, 6.07) is 6.10. The molecule has 1 aromatic heterocycles. The summed E-state index contributed by atoms with van der Waals surface area (Å²) in [7, 11) is 5.84. The molecule has 0 aliphatic heterocycles. The summed E-state index contributed by atoms with van der Waals surface area (Å²) in [6.07, 6.45) is 6.63. The van der Waals surface area contributed by atoms with E-state index in [9.17, 15) is 0 Å². The molecule has 23 heavy (non-hydrogen) atoms. The van der Waals surface area contributed by atoms with Crippen LogP contribution in [0.15, 0.2) is 23.2 Å². The van der Waals surface area contributed by atoms with Crippen LogP contribution in [0.2, 0.25) is 0 Å². The number of hydrogen-bond acceptors (Lipinski definition) is 3. The zero-order valence-electron chi connectivity index (χ0n) is 15.0. The van der Waals surface area contributed by atoms with Gasteiger partial charge in [0.15, 0.2) is 5.96 Å². The molecule has 0 saturated heterocycles. The van der Waals surface area contributed by atoms with E-state index in [0.717, 1.165) is 24.0 Å². The molecule has 128 valence electrons. The molecule has 0 unspecified atom stereocenters. The van der Waals surface area contributed by atoms with Crippen LogP contribution in [0, 0.1) is 5.41 Å². The second kappa shape index (κ2) is 8.18. The van der Waals surface area contributed by atoms with Crippen molar-refractivity contribution in [3.8, 4) is 0 Å². The summed E-state index contributed by atoms with van der Waals surface area (Å²) >= 11 is 0. The van der Waals surface area contributed by atoms with Crippen molar-refractivity contribution in [1.29, 1.82) is 0 Å². The Balaban J connectivity index is 1.87. The number of aliphatic imine (C=N–C) groups is 1. The minimum absolute atomic E-state index is 0.459. The first-order valence-electron chi connectivity index (χ1n) is 8.66. The predicted molar refractivity (Wildman–Crippen MR) is 98.0 cm³/mol. The van der Waals surface area contributed by atoms with E-state index >= 15 is 0 Å². The number of aromatic nitrogens is 1. The van der Waals surface area contributed by atoms with Gasteiger partial charge >= 0.3 is 0 Å². The van der Waals surface area contributed by atoms with Gasteiger partial charge in [-0.05, 0) is 36.8 Å². The molecular weight excluding hydrogens is 286 g/mol. The number of rotatable bonds is 6. The molecule has 0 aromatic carbocycles. The van der Waals surface area contributed by atoms with Crippen LogP contribution in [0.1, 0.15) is 44.7 Å². The van der Waals surface area contributed by atoms with Gasteiger partial charge in [0.1, 0.15) is 5.82 Å². The smallest absolute Gasteiger partial charge is 0.191 e. The molecule has 0 bridgehead atoms. The van der Waals surface area contributed by atoms with Crippen molar-refractivity contribution >= 4 is 11.8 Å². The fraction of sp³-hybridized carbons (Fsp3) is 0.667. The van der Waals surface area contributed by atoms with Crippen molar-refractivity contribution in [2.45, 2.75) is 45.6 Å². The molecule has 0 atom stereocenters. The zero-order valence-corrected chi connectivity index (χ0v) is 15.0. The van der Waals surface area contributed by atoms with Crippen LogP contribution in [0.4, 0.5) is 5.82 Å². The van der Waals surface area contributed by atoms with Crippen LogP contribution in [0.5, 0.6) is 0 Å². The molecule has 0 amide bonds. The van der Waals surface area contributed by atoms with Gasteiger partial charge in [0, 0.05) is 27.7 Å². The molecular formula is C18H31N5. The molecule has 1 aliphatic carbocycles. The quantitative estimate of drug-likeness (QED) is 0.626. The van der Waals surface area contributed by atoms with E-state index in [1.165, 1.54) is 32.1 Å². The van der Waals surface area contributed by atoms with Gasteiger partial charge in [-0.2, -0.15) is 0 Å². The van der Waals surface area contributed by atoms with Gasteiger partial charge in [-0.25, -0.2) is 4.98 Å². The van der Waals surface area contributed by atoms with Gasteiger partial charge in [-0.15, -0.1) is 0 Å². The van der Waals surface area contributed by atoms with Crippen LogP contribution < -0.4 is 15.5 Å². The van der Waals surface area contributed by atoms with E-state index < -0.39 is 0 Å². The highest BCUT2D eigenvalue weighted by Crippen LogP contribution is 2.40. The lowest BCUT2D eigenvalue weighted by Crippen LogP contribution is -2.42. The maximum Gasteiger partial charge on any atom is 0.191 e. The molecule has 1 fully saturated rings. The SMILES string of the molecule is CCC1(CNC(=NC)NCc2cccc(N(C)C)n2)CCCC1. The van der Waals surface area contributed by atoms with E-state index in [1.54, 1.807) is 0 Å². The van der Waals surface area contributed by atoms with Crippen molar-refractivity contribution in [2.75, 3.05) is 32.6 Å². The Labute approximate surface area is 140 Å². The van der Waals surface area contributed by atoms with Crippen LogP contribution in [0.3, 0.4) is 0 Å².